The molecule has 102 valence electrons. The fourth-order valence-corrected chi connectivity index (χ4v) is 1.36. The van der Waals surface area contributed by atoms with Gasteiger partial charge in [-0.3, -0.25) is 0 Å². The molecule has 0 radical (unpaired) electrons. The highest BCUT2D eigenvalue weighted by Gasteiger charge is 2.26. The number of aromatic nitrogens is 1. The fourth-order valence-electron chi connectivity index (χ4n) is 1.36. The molecular weight excluding hydrogens is 230 g/mol. The van der Waals surface area contributed by atoms with Gasteiger partial charge in [0.1, 0.15) is 5.69 Å². The van der Waals surface area contributed by atoms with Crippen LogP contribution in [0.3, 0.4) is 0 Å². The summed E-state index contributed by atoms with van der Waals surface area (Å²) in [5.74, 6) is -0.460. The van der Waals surface area contributed by atoms with Crippen molar-refractivity contribution in [3.63, 3.8) is 0 Å². The van der Waals surface area contributed by atoms with Gasteiger partial charge in [0.2, 0.25) is 0 Å². The topological polar surface area (TPSA) is 59.4 Å². The van der Waals surface area contributed by atoms with Gasteiger partial charge in [-0.05, 0) is 18.6 Å². The predicted octanol–water partition coefficient (Wildman–Crippen LogP) is 2.55. The number of methoxy groups -OCH3 is 1. The van der Waals surface area contributed by atoms with Crippen LogP contribution in [0.4, 0.5) is 0 Å². The lowest BCUT2D eigenvalue weighted by Crippen LogP contribution is -2.27. The minimum Gasteiger partial charge on any atom is -0.464 e. The summed E-state index contributed by atoms with van der Waals surface area (Å²) < 4.78 is 4.61. The number of nitrogens with zero attached hydrogens (tertiary/aromatic N) is 1. The summed E-state index contributed by atoms with van der Waals surface area (Å²) in [5, 5.41) is 9.37. The van der Waals surface area contributed by atoms with E-state index in [1.54, 1.807) is 12.1 Å². The molecule has 4 nitrogen and oxygen atoms in total. The average Bonchev–Trinajstić information content (AvgIpc) is 2.47. The molecule has 0 aliphatic carbocycles. The van der Waals surface area contributed by atoms with E-state index in [0.717, 1.165) is 6.42 Å². The standard InChI is InChI=1S/C12H17NO3.C2H6/c1-4-12(2,8-14)10-7-5-6-9(13-10)11(15)16-3;1-2/h5-7,14H,4,8H2,1-3H3;1-2H3. The molecule has 1 aromatic rings. The van der Waals surface area contributed by atoms with Crippen LogP contribution in [0.2, 0.25) is 0 Å². The molecular formula is C14H23NO3. The monoisotopic (exact) mass is 253 g/mol. The summed E-state index contributed by atoms with van der Waals surface area (Å²) in [7, 11) is 1.32. The fraction of sp³-hybridized carbons (Fsp3) is 0.571. The SMILES string of the molecule is CC.CCC(C)(CO)c1cccc(C(=O)OC)n1. The third-order valence-corrected chi connectivity index (χ3v) is 2.89. The Morgan fingerprint density at radius 2 is 2.06 bits per heavy atom. The molecule has 1 unspecified atom stereocenters. The Morgan fingerprint density at radius 3 is 2.50 bits per heavy atom. The molecule has 0 aliphatic heterocycles. The van der Waals surface area contributed by atoms with Crippen molar-refractivity contribution < 1.29 is 14.6 Å². The quantitative estimate of drug-likeness (QED) is 0.838. The molecule has 0 saturated heterocycles. The molecule has 0 fully saturated rings. The molecule has 0 aliphatic rings. The van der Waals surface area contributed by atoms with Crippen molar-refractivity contribution in [1.82, 2.24) is 4.98 Å². The lowest BCUT2D eigenvalue weighted by atomic mass is 9.84. The van der Waals surface area contributed by atoms with Crippen molar-refractivity contribution in [3.8, 4) is 0 Å². The number of aliphatic hydroxyl groups excluding tert-OH is 1. The maximum atomic E-state index is 11.3. The first-order valence-corrected chi connectivity index (χ1v) is 6.24. The van der Waals surface area contributed by atoms with Crippen molar-refractivity contribution in [2.75, 3.05) is 13.7 Å². The zero-order valence-electron chi connectivity index (χ0n) is 11.9. The van der Waals surface area contributed by atoms with E-state index in [1.807, 2.05) is 33.8 Å². The van der Waals surface area contributed by atoms with Crippen molar-refractivity contribution >= 4 is 5.97 Å². The largest absolute Gasteiger partial charge is 0.464 e. The van der Waals surface area contributed by atoms with Crippen LogP contribution < -0.4 is 0 Å². The molecule has 1 N–H and O–H groups in total. The smallest absolute Gasteiger partial charge is 0.356 e. The summed E-state index contributed by atoms with van der Waals surface area (Å²) in [4.78, 5) is 15.5. The first-order valence-electron chi connectivity index (χ1n) is 6.24. The Hall–Kier alpha value is -1.42. The Balaban J connectivity index is 0.00000137. The van der Waals surface area contributed by atoms with Crippen molar-refractivity contribution in [3.05, 3.63) is 29.6 Å². The Labute approximate surface area is 109 Å². The van der Waals surface area contributed by atoms with Crippen LogP contribution in [0, 0.1) is 0 Å². The van der Waals surface area contributed by atoms with Crippen LogP contribution in [-0.4, -0.2) is 29.8 Å². The van der Waals surface area contributed by atoms with Gasteiger partial charge in [-0.1, -0.05) is 33.8 Å². The first-order chi connectivity index (χ1) is 8.57. The van der Waals surface area contributed by atoms with Crippen LogP contribution >= 0.6 is 0 Å². The summed E-state index contributed by atoms with van der Waals surface area (Å²) in [5.41, 5.74) is 0.567. The molecule has 0 saturated carbocycles. The molecule has 0 amide bonds. The second-order valence-corrected chi connectivity index (χ2v) is 3.97. The third kappa shape index (κ3) is 3.81. The van der Waals surface area contributed by atoms with Gasteiger partial charge < -0.3 is 9.84 Å². The second kappa shape index (κ2) is 7.82. The maximum absolute atomic E-state index is 11.3. The van der Waals surface area contributed by atoms with Crippen LogP contribution in [0.15, 0.2) is 18.2 Å². The highest BCUT2D eigenvalue weighted by atomic mass is 16.5. The van der Waals surface area contributed by atoms with E-state index in [9.17, 15) is 9.90 Å². The number of esters is 1. The summed E-state index contributed by atoms with van der Waals surface area (Å²) in [6.07, 6.45) is 0.751. The number of hydrogen-bond acceptors (Lipinski definition) is 4. The predicted molar refractivity (Wildman–Crippen MR) is 71.7 cm³/mol. The molecule has 1 rings (SSSR count). The van der Waals surface area contributed by atoms with Gasteiger partial charge in [0.05, 0.1) is 13.7 Å². The van der Waals surface area contributed by atoms with Gasteiger partial charge in [-0.15, -0.1) is 0 Å². The molecule has 0 spiro atoms. The highest BCUT2D eigenvalue weighted by Crippen LogP contribution is 2.25. The van der Waals surface area contributed by atoms with Gasteiger partial charge >= 0.3 is 5.97 Å². The average molecular weight is 253 g/mol. The molecule has 1 atom stereocenters. The van der Waals surface area contributed by atoms with E-state index in [4.69, 9.17) is 0 Å². The molecule has 0 bridgehead atoms. The van der Waals surface area contributed by atoms with Crippen molar-refractivity contribution in [1.29, 1.82) is 0 Å². The molecule has 1 heterocycles. The number of pyridine rings is 1. The highest BCUT2D eigenvalue weighted by molar-refractivity contribution is 5.87. The van der Waals surface area contributed by atoms with E-state index in [2.05, 4.69) is 9.72 Å². The van der Waals surface area contributed by atoms with E-state index >= 15 is 0 Å². The molecule has 4 heteroatoms. The van der Waals surface area contributed by atoms with Gasteiger partial charge in [0.15, 0.2) is 0 Å². The van der Waals surface area contributed by atoms with Crippen LogP contribution in [0.25, 0.3) is 0 Å². The molecule has 18 heavy (non-hydrogen) atoms. The lowest BCUT2D eigenvalue weighted by molar-refractivity contribution is 0.0593. The second-order valence-electron chi connectivity index (χ2n) is 3.97. The van der Waals surface area contributed by atoms with Gasteiger partial charge in [-0.2, -0.15) is 0 Å². The summed E-state index contributed by atoms with van der Waals surface area (Å²) >= 11 is 0. The Kier molecular flexibility index (Phi) is 7.20. The van der Waals surface area contributed by atoms with Gasteiger partial charge in [0.25, 0.3) is 0 Å². The van der Waals surface area contributed by atoms with E-state index < -0.39 is 11.4 Å². The summed E-state index contributed by atoms with van der Waals surface area (Å²) in [6.45, 7) is 7.89. The molecule has 0 aromatic carbocycles. The number of carbonyl (C=O) groups is 1. The number of aliphatic hydroxyl groups is 1. The Morgan fingerprint density at radius 1 is 1.44 bits per heavy atom. The first kappa shape index (κ1) is 16.6. The lowest BCUT2D eigenvalue weighted by Gasteiger charge is -2.25. The number of rotatable bonds is 4. The Bertz CT molecular complexity index is 373. The van der Waals surface area contributed by atoms with Crippen molar-refractivity contribution in [2.45, 2.75) is 39.5 Å². The van der Waals surface area contributed by atoms with E-state index in [-0.39, 0.29) is 12.3 Å². The number of ether oxygens (including phenoxy) is 1. The number of hydrogen-bond donors (Lipinski definition) is 1. The van der Waals surface area contributed by atoms with Gasteiger partial charge in [-0.25, -0.2) is 9.78 Å². The van der Waals surface area contributed by atoms with Gasteiger partial charge in [0, 0.05) is 11.1 Å². The van der Waals surface area contributed by atoms with Crippen molar-refractivity contribution in [2.24, 2.45) is 0 Å². The van der Waals surface area contributed by atoms with Crippen LogP contribution in [0.5, 0.6) is 0 Å². The normalized spacial score (nSPS) is 13.0. The summed E-state index contributed by atoms with van der Waals surface area (Å²) in [6, 6.07) is 5.16. The van der Waals surface area contributed by atoms with Crippen LogP contribution in [-0.2, 0) is 10.2 Å². The zero-order valence-corrected chi connectivity index (χ0v) is 11.9. The zero-order chi connectivity index (χ0) is 14.2. The third-order valence-electron chi connectivity index (χ3n) is 2.89. The van der Waals surface area contributed by atoms with E-state index in [0.29, 0.717) is 5.69 Å². The number of carbonyl (C=O) groups excluding carboxylic acids is 1. The van der Waals surface area contributed by atoms with Crippen LogP contribution in [0.1, 0.15) is 50.3 Å². The van der Waals surface area contributed by atoms with E-state index in [1.165, 1.54) is 7.11 Å². The molecule has 1 aromatic heterocycles. The minimum atomic E-state index is -0.460. The minimum absolute atomic E-state index is 0.00112. The maximum Gasteiger partial charge on any atom is 0.356 e.